The van der Waals surface area contributed by atoms with Crippen molar-refractivity contribution in [1.82, 2.24) is 5.32 Å². The number of carboxylic acid groups (broad SMARTS) is 1. The van der Waals surface area contributed by atoms with Crippen LogP contribution in [0, 0.1) is 0 Å². The normalized spacial score (nSPS) is 19.9. The van der Waals surface area contributed by atoms with Crippen molar-refractivity contribution in [2.45, 2.75) is 44.6 Å². The third kappa shape index (κ3) is 2.56. The van der Waals surface area contributed by atoms with Gasteiger partial charge in [-0.15, -0.1) is 11.3 Å². The summed E-state index contributed by atoms with van der Waals surface area (Å²) in [6, 6.07) is 1.21. The first-order valence-electron chi connectivity index (χ1n) is 6.23. The van der Waals surface area contributed by atoms with Crippen LogP contribution >= 0.6 is 11.3 Å². The van der Waals surface area contributed by atoms with E-state index in [1.165, 1.54) is 4.88 Å². The lowest BCUT2D eigenvalue weighted by atomic mass is 9.87. The SMILES string of the molecule is CC[C@@H](NC(=O)C1CCCc2sccc21)C(=O)O. The summed E-state index contributed by atoms with van der Waals surface area (Å²) in [5.41, 5.74) is 1.09. The zero-order valence-corrected chi connectivity index (χ0v) is 11.1. The van der Waals surface area contributed by atoms with Gasteiger partial charge < -0.3 is 10.4 Å². The van der Waals surface area contributed by atoms with Crippen LogP contribution in [0.3, 0.4) is 0 Å². The fourth-order valence-corrected chi connectivity index (χ4v) is 3.36. The number of hydrogen-bond acceptors (Lipinski definition) is 3. The second-order valence-corrected chi connectivity index (χ2v) is 5.55. The average Bonchev–Trinajstić information content (AvgIpc) is 2.82. The zero-order chi connectivity index (χ0) is 13.1. The van der Waals surface area contributed by atoms with Crippen molar-refractivity contribution in [3.05, 3.63) is 21.9 Å². The largest absolute Gasteiger partial charge is 0.480 e. The molecule has 0 fully saturated rings. The maximum Gasteiger partial charge on any atom is 0.326 e. The van der Waals surface area contributed by atoms with E-state index in [9.17, 15) is 9.59 Å². The molecule has 1 amide bonds. The van der Waals surface area contributed by atoms with Gasteiger partial charge >= 0.3 is 5.97 Å². The van der Waals surface area contributed by atoms with Gasteiger partial charge in [0, 0.05) is 4.88 Å². The molecule has 2 N–H and O–H groups in total. The number of thiophene rings is 1. The van der Waals surface area contributed by atoms with Crippen LogP contribution in [0.5, 0.6) is 0 Å². The van der Waals surface area contributed by atoms with Crippen molar-refractivity contribution >= 4 is 23.2 Å². The van der Waals surface area contributed by atoms with Gasteiger partial charge in [-0.2, -0.15) is 0 Å². The quantitative estimate of drug-likeness (QED) is 0.878. The van der Waals surface area contributed by atoms with Gasteiger partial charge in [-0.05, 0) is 42.7 Å². The molecule has 5 heteroatoms. The molecule has 0 saturated carbocycles. The highest BCUT2D eigenvalue weighted by Crippen LogP contribution is 2.35. The number of fused-ring (bicyclic) bond motifs is 1. The van der Waals surface area contributed by atoms with E-state index in [1.54, 1.807) is 18.3 Å². The molecule has 1 unspecified atom stereocenters. The van der Waals surface area contributed by atoms with E-state index in [-0.39, 0.29) is 11.8 Å². The minimum absolute atomic E-state index is 0.149. The Morgan fingerprint density at radius 2 is 2.39 bits per heavy atom. The van der Waals surface area contributed by atoms with E-state index >= 15 is 0 Å². The van der Waals surface area contributed by atoms with E-state index < -0.39 is 12.0 Å². The molecule has 1 aliphatic rings. The van der Waals surface area contributed by atoms with Crippen molar-refractivity contribution in [3.63, 3.8) is 0 Å². The van der Waals surface area contributed by atoms with Gasteiger partial charge in [-0.3, -0.25) is 4.79 Å². The summed E-state index contributed by atoms with van der Waals surface area (Å²) < 4.78 is 0. The summed E-state index contributed by atoms with van der Waals surface area (Å²) in [4.78, 5) is 24.4. The highest BCUT2D eigenvalue weighted by Gasteiger charge is 2.29. The molecule has 0 aliphatic heterocycles. The van der Waals surface area contributed by atoms with E-state index in [1.807, 2.05) is 11.4 Å². The van der Waals surface area contributed by atoms with Crippen molar-refractivity contribution in [3.8, 4) is 0 Å². The van der Waals surface area contributed by atoms with Gasteiger partial charge in [0.2, 0.25) is 5.91 Å². The van der Waals surface area contributed by atoms with Gasteiger partial charge in [-0.25, -0.2) is 4.79 Å². The lowest BCUT2D eigenvalue weighted by Gasteiger charge is -2.23. The van der Waals surface area contributed by atoms with Gasteiger partial charge in [0.25, 0.3) is 0 Å². The molecule has 1 aromatic rings. The smallest absolute Gasteiger partial charge is 0.326 e. The summed E-state index contributed by atoms with van der Waals surface area (Å²) in [5, 5.41) is 13.6. The Morgan fingerprint density at radius 3 is 3.06 bits per heavy atom. The molecule has 1 heterocycles. The summed E-state index contributed by atoms with van der Waals surface area (Å²) in [5.74, 6) is -1.29. The van der Waals surface area contributed by atoms with Gasteiger partial charge in [0.1, 0.15) is 6.04 Å². The Balaban J connectivity index is 2.09. The monoisotopic (exact) mass is 267 g/mol. The second-order valence-electron chi connectivity index (χ2n) is 4.55. The molecule has 0 spiro atoms. The minimum atomic E-state index is -0.966. The molecule has 2 atom stereocenters. The van der Waals surface area contributed by atoms with Gasteiger partial charge in [-0.1, -0.05) is 6.92 Å². The lowest BCUT2D eigenvalue weighted by Crippen LogP contribution is -2.43. The van der Waals surface area contributed by atoms with Crippen LogP contribution in [-0.4, -0.2) is 23.0 Å². The highest BCUT2D eigenvalue weighted by atomic mass is 32.1. The maximum atomic E-state index is 12.2. The Labute approximate surface area is 110 Å². The molecule has 98 valence electrons. The molecule has 1 aromatic heterocycles. The topological polar surface area (TPSA) is 66.4 Å². The van der Waals surface area contributed by atoms with Crippen LogP contribution in [0.2, 0.25) is 0 Å². The van der Waals surface area contributed by atoms with Gasteiger partial charge in [0.05, 0.1) is 5.92 Å². The predicted octanol–water partition coefficient (Wildman–Crippen LogP) is 2.15. The number of nitrogens with one attached hydrogen (secondary N) is 1. The number of carbonyl (C=O) groups excluding carboxylic acids is 1. The van der Waals surface area contributed by atoms with Crippen LogP contribution in [-0.2, 0) is 16.0 Å². The number of hydrogen-bond donors (Lipinski definition) is 2. The predicted molar refractivity (Wildman–Crippen MR) is 69.9 cm³/mol. The van der Waals surface area contributed by atoms with E-state index in [4.69, 9.17) is 5.11 Å². The van der Waals surface area contributed by atoms with Crippen LogP contribution in [0.25, 0.3) is 0 Å². The minimum Gasteiger partial charge on any atom is -0.480 e. The summed E-state index contributed by atoms with van der Waals surface area (Å²) >= 11 is 1.68. The van der Waals surface area contributed by atoms with E-state index in [2.05, 4.69) is 5.32 Å². The molecule has 0 aromatic carbocycles. The second kappa shape index (κ2) is 5.52. The van der Waals surface area contributed by atoms with Crippen LogP contribution in [0.4, 0.5) is 0 Å². The van der Waals surface area contributed by atoms with Crippen LogP contribution < -0.4 is 5.32 Å². The Morgan fingerprint density at radius 1 is 1.61 bits per heavy atom. The van der Waals surface area contributed by atoms with Gasteiger partial charge in [0.15, 0.2) is 0 Å². The summed E-state index contributed by atoms with van der Waals surface area (Å²) in [6.07, 6.45) is 3.25. The number of rotatable bonds is 4. The molecule has 1 aliphatic carbocycles. The summed E-state index contributed by atoms with van der Waals surface area (Å²) in [7, 11) is 0. The van der Waals surface area contributed by atoms with Crippen molar-refractivity contribution in [2.24, 2.45) is 0 Å². The van der Waals surface area contributed by atoms with Crippen molar-refractivity contribution < 1.29 is 14.7 Å². The molecule has 4 nitrogen and oxygen atoms in total. The molecule has 0 bridgehead atoms. The fraction of sp³-hybridized carbons (Fsp3) is 0.538. The first-order valence-corrected chi connectivity index (χ1v) is 7.11. The average molecular weight is 267 g/mol. The van der Waals surface area contributed by atoms with E-state index in [0.717, 1.165) is 24.8 Å². The van der Waals surface area contributed by atoms with Crippen LogP contribution in [0.1, 0.15) is 42.5 Å². The maximum absolute atomic E-state index is 12.2. The standard InChI is InChI=1S/C13H17NO3S/c1-2-10(13(16)17)14-12(15)9-4-3-5-11-8(9)6-7-18-11/h6-7,9-10H,2-5H2,1H3,(H,14,15)(H,16,17)/t9?,10-/m1/s1. The lowest BCUT2D eigenvalue weighted by molar-refractivity contribution is -0.142. The molecular weight excluding hydrogens is 250 g/mol. The first-order chi connectivity index (χ1) is 8.63. The molecule has 0 radical (unpaired) electrons. The van der Waals surface area contributed by atoms with Crippen LogP contribution in [0.15, 0.2) is 11.4 Å². The fourth-order valence-electron chi connectivity index (χ4n) is 2.37. The Hall–Kier alpha value is -1.36. The zero-order valence-electron chi connectivity index (χ0n) is 10.3. The van der Waals surface area contributed by atoms with E-state index in [0.29, 0.717) is 6.42 Å². The third-order valence-electron chi connectivity index (χ3n) is 3.39. The number of amides is 1. The van der Waals surface area contributed by atoms with Crippen molar-refractivity contribution in [1.29, 1.82) is 0 Å². The summed E-state index contributed by atoms with van der Waals surface area (Å²) in [6.45, 7) is 1.76. The Kier molecular flexibility index (Phi) is 4.01. The molecule has 18 heavy (non-hydrogen) atoms. The first kappa shape index (κ1) is 13.1. The molecule has 0 saturated heterocycles. The number of carbonyl (C=O) groups is 2. The highest BCUT2D eigenvalue weighted by molar-refractivity contribution is 7.10. The van der Waals surface area contributed by atoms with Crippen molar-refractivity contribution in [2.75, 3.05) is 0 Å². The Bertz CT molecular complexity index is 455. The molecular formula is C13H17NO3S. The number of carboxylic acids is 1. The number of aliphatic carboxylic acids is 1. The molecule has 2 rings (SSSR count). The third-order valence-corrected chi connectivity index (χ3v) is 4.39. The number of aryl methyl sites for hydroxylation is 1.